The molecule has 0 aliphatic heterocycles. The molecule has 1 aromatic carbocycles. The number of anilines is 1. The Morgan fingerprint density at radius 1 is 1.32 bits per heavy atom. The summed E-state index contributed by atoms with van der Waals surface area (Å²) in [5.41, 5.74) is 8.44. The molecule has 7 nitrogen and oxygen atoms in total. The van der Waals surface area contributed by atoms with Crippen LogP contribution in [0.4, 0.5) is 5.13 Å². The van der Waals surface area contributed by atoms with E-state index in [-0.39, 0.29) is 5.91 Å². The van der Waals surface area contributed by atoms with Crippen molar-refractivity contribution in [3.05, 3.63) is 58.7 Å². The molecule has 0 saturated heterocycles. The lowest BCUT2D eigenvalue weighted by Gasteiger charge is -2.03. The van der Waals surface area contributed by atoms with Crippen molar-refractivity contribution < 1.29 is 14.3 Å². The van der Waals surface area contributed by atoms with Crippen molar-refractivity contribution >= 4 is 28.3 Å². The van der Waals surface area contributed by atoms with Crippen LogP contribution >= 0.6 is 11.3 Å². The van der Waals surface area contributed by atoms with Crippen LogP contribution < -0.4 is 11.1 Å². The van der Waals surface area contributed by atoms with E-state index in [4.69, 9.17) is 10.5 Å². The Balaban J connectivity index is 1.69. The zero-order chi connectivity index (χ0) is 17.8. The molecule has 3 aromatic rings. The van der Waals surface area contributed by atoms with Gasteiger partial charge in [-0.1, -0.05) is 12.1 Å². The molecule has 0 atom stereocenters. The number of benzene rings is 1. The normalized spacial score (nSPS) is 10.6. The number of aromatic amines is 1. The van der Waals surface area contributed by atoms with Crippen LogP contribution in [0.1, 0.15) is 26.4 Å². The van der Waals surface area contributed by atoms with Crippen LogP contribution in [-0.2, 0) is 11.3 Å². The number of primary amides is 1. The smallest absolute Gasteiger partial charge is 0.265 e. The summed E-state index contributed by atoms with van der Waals surface area (Å²) in [6, 6.07) is 8.79. The minimum atomic E-state index is -0.535. The lowest BCUT2D eigenvalue weighted by atomic mass is 10.1. The fourth-order valence-electron chi connectivity index (χ4n) is 2.24. The second-order valence-corrected chi connectivity index (χ2v) is 6.15. The molecule has 4 N–H and O–H groups in total. The minimum Gasteiger partial charge on any atom is -0.380 e. The molecule has 0 aliphatic carbocycles. The summed E-state index contributed by atoms with van der Waals surface area (Å²) < 4.78 is 5.04. The number of rotatable bonds is 6. The number of nitrogens with two attached hydrogens (primary N) is 1. The minimum absolute atomic E-state index is 0.239. The number of hydrogen-bond acceptors (Lipinski definition) is 5. The number of hydrogen-bond donors (Lipinski definition) is 3. The number of amides is 2. The fourth-order valence-corrected chi connectivity index (χ4v) is 2.95. The Hall–Kier alpha value is -2.97. The Morgan fingerprint density at radius 2 is 2.08 bits per heavy atom. The molecule has 0 fully saturated rings. The van der Waals surface area contributed by atoms with Crippen molar-refractivity contribution in [1.82, 2.24) is 9.97 Å². The van der Waals surface area contributed by atoms with Crippen LogP contribution in [0.15, 0.2) is 41.9 Å². The Morgan fingerprint density at radius 3 is 2.72 bits per heavy atom. The molecule has 2 heterocycles. The molecule has 0 unspecified atom stereocenters. The van der Waals surface area contributed by atoms with Gasteiger partial charge in [0, 0.05) is 29.8 Å². The van der Waals surface area contributed by atoms with Crippen molar-refractivity contribution in [1.29, 1.82) is 0 Å². The molecule has 0 saturated carbocycles. The summed E-state index contributed by atoms with van der Waals surface area (Å²) in [4.78, 5) is 30.6. The van der Waals surface area contributed by atoms with E-state index >= 15 is 0 Å². The van der Waals surface area contributed by atoms with E-state index < -0.39 is 5.91 Å². The number of nitrogens with one attached hydrogen (secondary N) is 2. The van der Waals surface area contributed by atoms with E-state index in [9.17, 15) is 9.59 Å². The van der Waals surface area contributed by atoms with Gasteiger partial charge >= 0.3 is 0 Å². The first kappa shape index (κ1) is 16.9. The fraction of sp³-hybridized carbons (Fsp3) is 0.118. The van der Waals surface area contributed by atoms with Crippen molar-refractivity contribution in [2.75, 3.05) is 12.4 Å². The highest BCUT2D eigenvalue weighted by Crippen LogP contribution is 2.25. The molecule has 2 amide bonds. The summed E-state index contributed by atoms with van der Waals surface area (Å²) in [6.07, 6.45) is 1.65. The third-order valence-electron chi connectivity index (χ3n) is 3.50. The monoisotopic (exact) mass is 356 g/mol. The molecular weight excluding hydrogens is 340 g/mol. The molecular formula is C17H16N4O3S. The number of H-pyrrole nitrogens is 1. The van der Waals surface area contributed by atoms with Gasteiger partial charge in [-0.2, -0.15) is 0 Å². The lowest BCUT2D eigenvalue weighted by Crippen LogP contribution is -2.11. The van der Waals surface area contributed by atoms with Gasteiger partial charge < -0.3 is 15.5 Å². The third kappa shape index (κ3) is 3.93. The van der Waals surface area contributed by atoms with Gasteiger partial charge in [-0.3, -0.25) is 14.9 Å². The summed E-state index contributed by atoms with van der Waals surface area (Å²) in [6.45, 7) is 0.502. The van der Waals surface area contributed by atoms with Crippen molar-refractivity contribution in [2.45, 2.75) is 6.61 Å². The Kier molecular flexibility index (Phi) is 4.92. The molecule has 0 bridgehead atoms. The van der Waals surface area contributed by atoms with Crippen molar-refractivity contribution in [2.24, 2.45) is 5.73 Å². The first-order chi connectivity index (χ1) is 12.1. The van der Waals surface area contributed by atoms with Gasteiger partial charge in [-0.15, -0.1) is 11.3 Å². The predicted molar refractivity (Wildman–Crippen MR) is 95.5 cm³/mol. The average molecular weight is 356 g/mol. The summed E-state index contributed by atoms with van der Waals surface area (Å²) in [5, 5.41) is 5.04. The van der Waals surface area contributed by atoms with Crippen LogP contribution in [0.2, 0.25) is 0 Å². The summed E-state index contributed by atoms with van der Waals surface area (Å²) in [7, 11) is 1.62. The number of carbonyl (C=O) groups excluding carboxylic acids is 2. The molecule has 8 heteroatoms. The Bertz CT molecular complexity index is 899. The zero-order valence-corrected chi connectivity index (χ0v) is 14.2. The predicted octanol–water partition coefficient (Wildman–Crippen LogP) is 2.64. The van der Waals surface area contributed by atoms with Gasteiger partial charge in [-0.05, 0) is 23.8 Å². The molecule has 0 spiro atoms. The summed E-state index contributed by atoms with van der Waals surface area (Å²) in [5.74, 6) is -0.774. The SMILES string of the molecule is COCc1ccc(C(=O)Nc2nc(-c3c[nH]c(C(N)=O)c3)cs2)cc1. The molecule has 0 aliphatic rings. The number of nitrogens with zero attached hydrogens (tertiary/aromatic N) is 1. The number of ether oxygens (including phenoxy) is 1. The van der Waals surface area contributed by atoms with Crippen LogP contribution in [-0.4, -0.2) is 28.9 Å². The molecule has 0 radical (unpaired) electrons. The van der Waals surface area contributed by atoms with Gasteiger partial charge in [-0.25, -0.2) is 4.98 Å². The van der Waals surface area contributed by atoms with E-state index in [1.54, 1.807) is 36.9 Å². The first-order valence-electron chi connectivity index (χ1n) is 7.40. The second-order valence-electron chi connectivity index (χ2n) is 5.29. The zero-order valence-electron chi connectivity index (χ0n) is 13.4. The van der Waals surface area contributed by atoms with E-state index in [1.807, 2.05) is 12.1 Å². The number of aromatic nitrogens is 2. The maximum atomic E-state index is 12.3. The van der Waals surface area contributed by atoms with Crippen LogP contribution in [0.5, 0.6) is 0 Å². The van der Waals surface area contributed by atoms with Gasteiger partial charge in [0.05, 0.1) is 12.3 Å². The highest BCUT2D eigenvalue weighted by molar-refractivity contribution is 7.14. The van der Waals surface area contributed by atoms with Gasteiger partial charge in [0.1, 0.15) is 5.69 Å². The van der Waals surface area contributed by atoms with Gasteiger partial charge in [0.25, 0.3) is 11.8 Å². The molecule has 2 aromatic heterocycles. The van der Waals surface area contributed by atoms with Gasteiger partial charge in [0.2, 0.25) is 0 Å². The maximum absolute atomic E-state index is 12.3. The van der Waals surface area contributed by atoms with E-state index in [1.165, 1.54) is 11.3 Å². The largest absolute Gasteiger partial charge is 0.380 e. The molecule has 128 valence electrons. The summed E-state index contributed by atoms with van der Waals surface area (Å²) >= 11 is 1.30. The molecule has 3 rings (SSSR count). The average Bonchev–Trinajstić information content (AvgIpc) is 3.25. The highest BCUT2D eigenvalue weighted by Gasteiger charge is 2.12. The number of carbonyl (C=O) groups is 2. The third-order valence-corrected chi connectivity index (χ3v) is 4.25. The Labute approximate surface area is 147 Å². The topological polar surface area (TPSA) is 110 Å². The molecule has 25 heavy (non-hydrogen) atoms. The number of methoxy groups -OCH3 is 1. The van der Waals surface area contributed by atoms with Crippen molar-refractivity contribution in [3.8, 4) is 11.3 Å². The maximum Gasteiger partial charge on any atom is 0.265 e. The van der Waals surface area contributed by atoms with Gasteiger partial charge in [0.15, 0.2) is 5.13 Å². The van der Waals surface area contributed by atoms with E-state index in [2.05, 4.69) is 15.3 Å². The quantitative estimate of drug-likeness (QED) is 0.630. The van der Waals surface area contributed by atoms with Crippen LogP contribution in [0.25, 0.3) is 11.3 Å². The second kappa shape index (κ2) is 7.29. The van der Waals surface area contributed by atoms with E-state index in [0.717, 1.165) is 11.1 Å². The lowest BCUT2D eigenvalue weighted by molar-refractivity contribution is 0.0994. The first-order valence-corrected chi connectivity index (χ1v) is 8.28. The highest BCUT2D eigenvalue weighted by atomic mass is 32.1. The number of thiazole rings is 1. The standard InChI is InChI=1S/C17H16N4O3S/c1-24-8-10-2-4-11(5-3-10)16(23)21-17-20-14(9-25-17)12-6-13(15(18)22)19-7-12/h2-7,9,19H,8H2,1H3,(H2,18,22)(H,20,21,23). The van der Waals surface area contributed by atoms with Crippen molar-refractivity contribution in [3.63, 3.8) is 0 Å². The van der Waals surface area contributed by atoms with Crippen LogP contribution in [0.3, 0.4) is 0 Å². The van der Waals surface area contributed by atoms with E-state index in [0.29, 0.717) is 28.7 Å². The van der Waals surface area contributed by atoms with Crippen LogP contribution in [0, 0.1) is 0 Å².